The Hall–Kier alpha value is -3.94. The van der Waals surface area contributed by atoms with Crippen LogP contribution in [0.15, 0.2) is 60.3 Å². The van der Waals surface area contributed by atoms with E-state index in [0.717, 1.165) is 11.0 Å². The lowest BCUT2D eigenvalue weighted by Crippen LogP contribution is -2.29. The Kier molecular flexibility index (Phi) is 5.77. The molecule has 166 valence electrons. The van der Waals surface area contributed by atoms with Crippen LogP contribution in [0.4, 0.5) is 5.95 Å². The van der Waals surface area contributed by atoms with Gasteiger partial charge in [-0.1, -0.05) is 24.8 Å². The number of nitrogens with zero attached hydrogens (tertiary/aromatic N) is 2. The van der Waals surface area contributed by atoms with E-state index in [1.54, 1.807) is 27.4 Å². The maximum atomic E-state index is 13.2. The molecule has 4 rings (SSSR count). The highest BCUT2D eigenvalue weighted by atomic mass is 16.5. The third kappa shape index (κ3) is 3.43. The van der Waals surface area contributed by atoms with Gasteiger partial charge < -0.3 is 24.3 Å². The number of methoxy groups -OCH3 is 3. The summed E-state index contributed by atoms with van der Waals surface area (Å²) in [4.78, 5) is 17.9. The molecule has 0 unspecified atom stereocenters. The molecule has 0 amide bonds. The third-order valence-corrected chi connectivity index (χ3v) is 5.39. The molecule has 1 aromatic heterocycles. The zero-order chi connectivity index (χ0) is 22.8. The van der Waals surface area contributed by atoms with Crippen LogP contribution in [0.1, 0.15) is 18.5 Å². The van der Waals surface area contributed by atoms with Crippen molar-refractivity contribution in [3.8, 4) is 17.2 Å². The Balaban J connectivity index is 2.04. The monoisotopic (exact) mass is 435 g/mol. The second kappa shape index (κ2) is 8.66. The summed E-state index contributed by atoms with van der Waals surface area (Å²) in [6.45, 7) is 5.56. The molecule has 2 aromatic carbocycles. The van der Waals surface area contributed by atoms with Gasteiger partial charge in [0.15, 0.2) is 11.5 Å². The van der Waals surface area contributed by atoms with Crippen molar-refractivity contribution in [1.82, 2.24) is 9.55 Å². The number of carbonyl (C=O) groups excluding carboxylic acids is 1. The number of benzene rings is 2. The van der Waals surface area contributed by atoms with Crippen molar-refractivity contribution in [2.24, 2.45) is 0 Å². The smallest absolute Gasteiger partial charge is 0.338 e. The maximum absolute atomic E-state index is 13.2. The number of aromatic nitrogens is 2. The molecule has 1 aliphatic rings. The Morgan fingerprint density at radius 3 is 2.66 bits per heavy atom. The summed E-state index contributed by atoms with van der Waals surface area (Å²) in [6.07, 6.45) is 1.53. The minimum atomic E-state index is -0.602. The molecule has 0 fully saturated rings. The number of hydrogen-bond acceptors (Lipinski definition) is 7. The van der Waals surface area contributed by atoms with Crippen molar-refractivity contribution < 1.29 is 23.7 Å². The van der Waals surface area contributed by atoms with Crippen LogP contribution < -0.4 is 19.5 Å². The lowest BCUT2D eigenvalue weighted by atomic mass is 9.93. The van der Waals surface area contributed by atoms with E-state index in [2.05, 4.69) is 11.9 Å². The SMILES string of the molecule is C=CCOC(=O)C1=C(C)Nc2nc3ccccc3n2[C@H]1c1cc(OC)cc(OC)c1OC. The number of ether oxygens (including phenoxy) is 4. The maximum Gasteiger partial charge on any atom is 0.338 e. The number of hydrogen-bond donors (Lipinski definition) is 1. The number of nitrogens with one attached hydrogen (secondary N) is 1. The van der Waals surface area contributed by atoms with Crippen LogP contribution in [0.5, 0.6) is 17.2 Å². The highest BCUT2D eigenvalue weighted by Gasteiger charge is 2.37. The van der Waals surface area contributed by atoms with E-state index in [9.17, 15) is 4.79 Å². The lowest BCUT2D eigenvalue weighted by molar-refractivity contribution is -0.138. The highest BCUT2D eigenvalue weighted by Crippen LogP contribution is 2.46. The van der Waals surface area contributed by atoms with Crippen molar-refractivity contribution in [2.45, 2.75) is 13.0 Å². The molecule has 0 radical (unpaired) electrons. The van der Waals surface area contributed by atoms with Gasteiger partial charge in [-0.15, -0.1) is 0 Å². The lowest BCUT2D eigenvalue weighted by Gasteiger charge is -2.31. The number of fused-ring (bicyclic) bond motifs is 3. The summed E-state index contributed by atoms with van der Waals surface area (Å²) in [5.74, 6) is 1.69. The van der Waals surface area contributed by atoms with E-state index in [1.807, 2.05) is 41.8 Å². The van der Waals surface area contributed by atoms with Gasteiger partial charge in [0.1, 0.15) is 18.4 Å². The second-order valence-electron chi connectivity index (χ2n) is 7.20. The van der Waals surface area contributed by atoms with E-state index < -0.39 is 12.0 Å². The molecule has 0 saturated carbocycles. The first-order chi connectivity index (χ1) is 15.5. The van der Waals surface area contributed by atoms with Crippen LogP contribution in [0.25, 0.3) is 11.0 Å². The van der Waals surface area contributed by atoms with Gasteiger partial charge >= 0.3 is 5.97 Å². The molecule has 2 heterocycles. The van der Waals surface area contributed by atoms with E-state index in [-0.39, 0.29) is 6.61 Å². The molecule has 1 N–H and O–H groups in total. The zero-order valence-electron chi connectivity index (χ0n) is 18.5. The van der Waals surface area contributed by atoms with Crippen LogP contribution in [0, 0.1) is 0 Å². The molecule has 8 nitrogen and oxygen atoms in total. The molecule has 1 atom stereocenters. The average molecular weight is 435 g/mol. The summed E-state index contributed by atoms with van der Waals surface area (Å²) in [5, 5.41) is 3.25. The third-order valence-electron chi connectivity index (χ3n) is 5.39. The fourth-order valence-corrected chi connectivity index (χ4v) is 4.02. The highest BCUT2D eigenvalue weighted by molar-refractivity contribution is 5.94. The topological polar surface area (TPSA) is 83.8 Å². The average Bonchev–Trinajstić information content (AvgIpc) is 3.18. The molecule has 1 aliphatic heterocycles. The largest absolute Gasteiger partial charge is 0.497 e. The van der Waals surface area contributed by atoms with Gasteiger partial charge in [-0.05, 0) is 25.1 Å². The second-order valence-corrected chi connectivity index (χ2v) is 7.20. The summed E-state index contributed by atoms with van der Waals surface area (Å²) >= 11 is 0. The standard InChI is InChI=1S/C24H25N3O5/c1-6-11-32-23(28)20-14(2)25-24-26-17-9-7-8-10-18(17)27(24)21(20)16-12-15(29-3)13-19(30-4)22(16)31-5/h6-10,12-13,21H,1,11H2,2-5H3,(H,25,26)/t21-/m0/s1. The normalized spacial score (nSPS) is 15.1. The fraction of sp³-hybridized carbons (Fsp3) is 0.250. The van der Waals surface area contributed by atoms with Gasteiger partial charge in [0, 0.05) is 17.3 Å². The van der Waals surface area contributed by atoms with Gasteiger partial charge in [-0.3, -0.25) is 4.57 Å². The van der Waals surface area contributed by atoms with Crippen molar-refractivity contribution in [2.75, 3.05) is 33.3 Å². The van der Waals surface area contributed by atoms with E-state index in [1.165, 1.54) is 6.08 Å². The van der Waals surface area contributed by atoms with Gasteiger partial charge in [-0.2, -0.15) is 0 Å². The zero-order valence-corrected chi connectivity index (χ0v) is 18.5. The quantitative estimate of drug-likeness (QED) is 0.442. The van der Waals surface area contributed by atoms with E-state index in [4.69, 9.17) is 23.9 Å². The molecule has 0 saturated heterocycles. The van der Waals surface area contributed by atoms with E-state index in [0.29, 0.717) is 40.0 Å². The van der Waals surface area contributed by atoms with Crippen molar-refractivity contribution in [3.63, 3.8) is 0 Å². The van der Waals surface area contributed by atoms with Crippen LogP contribution in [0.2, 0.25) is 0 Å². The minimum Gasteiger partial charge on any atom is -0.497 e. The number of esters is 1. The van der Waals surface area contributed by atoms with Crippen molar-refractivity contribution in [3.05, 3.63) is 65.9 Å². The molecule has 8 heteroatoms. The van der Waals surface area contributed by atoms with E-state index >= 15 is 0 Å². The predicted molar refractivity (Wildman–Crippen MR) is 121 cm³/mol. The first-order valence-corrected chi connectivity index (χ1v) is 10.1. The number of carbonyl (C=O) groups is 1. The van der Waals surface area contributed by atoms with Gasteiger partial charge in [-0.25, -0.2) is 9.78 Å². The molecule has 0 bridgehead atoms. The Morgan fingerprint density at radius 2 is 1.97 bits per heavy atom. The van der Waals surface area contributed by atoms with Gasteiger partial charge in [0.2, 0.25) is 5.95 Å². The summed E-state index contributed by atoms with van der Waals surface area (Å²) in [5.41, 5.74) is 3.39. The minimum absolute atomic E-state index is 0.0957. The number of allylic oxidation sites excluding steroid dienone is 1. The van der Waals surface area contributed by atoms with Crippen LogP contribution >= 0.6 is 0 Å². The molecule has 3 aromatic rings. The fourth-order valence-electron chi connectivity index (χ4n) is 4.02. The Morgan fingerprint density at radius 1 is 1.19 bits per heavy atom. The number of imidazole rings is 1. The molecular weight excluding hydrogens is 410 g/mol. The predicted octanol–water partition coefficient (Wildman–Crippen LogP) is 4.08. The van der Waals surface area contributed by atoms with Crippen LogP contribution in [-0.2, 0) is 9.53 Å². The Bertz CT molecular complexity index is 1230. The van der Waals surface area contributed by atoms with Crippen LogP contribution in [-0.4, -0.2) is 43.5 Å². The summed E-state index contributed by atoms with van der Waals surface area (Å²) in [7, 11) is 4.70. The van der Waals surface area contributed by atoms with Crippen molar-refractivity contribution in [1.29, 1.82) is 0 Å². The van der Waals surface area contributed by atoms with Gasteiger partial charge in [0.05, 0.1) is 37.9 Å². The first kappa shape index (κ1) is 21.3. The summed E-state index contributed by atoms with van der Waals surface area (Å²) in [6, 6.07) is 10.7. The Labute approximate surface area is 186 Å². The molecule has 0 aliphatic carbocycles. The first-order valence-electron chi connectivity index (χ1n) is 10.1. The molecule has 0 spiro atoms. The van der Waals surface area contributed by atoms with Gasteiger partial charge in [0.25, 0.3) is 0 Å². The molecule has 32 heavy (non-hydrogen) atoms. The number of rotatable bonds is 7. The number of para-hydroxylation sites is 2. The molecular formula is C24H25N3O5. The van der Waals surface area contributed by atoms with Crippen molar-refractivity contribution >= 4 is 23.0 Å². The summed E-state index contributed by atoms with van der Waals surface area (Å²) < 4.78 is 24.2. The number of anilines is 1. The van der Waals surface area contributed by atoms with Crippen LogP contribution in [0.3, 0.4) is 0 Å².